The lowest BCUT2D eigenvalue weighted by atomic mass is 10.2. The Balaban J connectivity index is 2.54. The van der Waals surface area contributed by atoms with Crippen molar-refractivity contribution in [3.8, 4) is 0 Å². The Morgan fingerprint density at radius 1 is 1.62 bits per heavy atom. The molecular weight excluding hydrogens is 194 g/mol. The standard InChI is InChI=1S/C7H6ClN3O2/c8-6-2-1-5-4-10(12)9-11(13)7(5)3-6/h1-3,12H,4H2. The molecule has 0 aromatic heterocycles. The Morgan fingerprint density at radius 3 is 3.15 bits per heavy atom. The van der Waals surface area contributed by atoms with Gasteiger partial charge in [-0.3, -0.25) is 0 Å². The van der Waals surface area contributed by atoms with Gasteiger partial charge < -0.3 is 5.21 Å². The molecule has 2 rings (SSSR count). The lowest BCUT2D eigenvalue weighted by Gasteiger charge is -2.16. The molecule has 0 aliphatic carbocycles. The average Bonchev–Trinajstić information content (AvgIpc) is 2.06. The van der Waals surface area contributed by atoms with Crippen LogP contribution in [0.5, 0.6) is 0 Å². The number of halogens is 1. The molecule has 1 aromatic rings. The number of hydrogen-bond donors (Lipinski definition) is 1. The molecule has 1 aromatic carbocycles. The molecule has 1 aliphatic rings. The van der Waals surface area contributed by atoms with E-state index in [9.17, 15) is 5.21 Å². The van der Waals surface area contributed by atoms with Crippen molar-refractivity contribution in [1.29, 1.82) is 0 Å². The fraction of sp³-hybridized carbons (Fsp3) is 0.143. The minimum absolute atomic E-state index is 0.200. The highest BCUT2D eigenvalue weighted by atomic mass is 35.5. The molecule has 1 N–H and O–H groups in total. The topological polar surface area (TPSA) is 61.9 Å². The van der Waals surface area contributed by atoms with E-state index in [1.54, 1.807) is 12.1 Å². The van der Waals surface area contributed by atoms with Gasteiger partial charge in [-0.05, 0) is 17.3 Å². The maximum Gasteiger partial charge on any atom is 0.172 e. The van der Waals surface area contributed by atoms with Crippen LogP contribution in [0.3, 0.4) is 0 Å². The van der Waals surface area contributed by atoms with Gasteiger partial charge in [0, 0.05) is 16.7 Å². The van der Waals surface area contributed by atoms with Crippen molar-refractivity contribution in [3.63, 3.8) is 0 Å². The van der Waals surface area contributed by atoms with Crippen molar-refractivity contribution in [2.45, 2.75) is 6.54 Å². The third-order valence-electron chi connectivity index (χ3n) is 1.75. The van der Waals surface area contributed by atoms with Gasteiger partial charge in [0.1, 0.15) is 5.22 Å². The minimum atomic E-state index is 0.200. The second-order valence-electron chi connectivity index (χ2n) is 2.67. The summed E-state index contributed by atoms with van der Waals surface area (Å²) in [5.74, 6) is 0. The van der Waals surface area contributed by atoms with Crippen LogP contribution in [0.2, 0.25) is 5.02 Å². The number of hydroxylamine groups is 1. The second kappa shape index (κ2) is 2.86. The van der Waals surface area contributed by atoms with Gasteiger partial charge in [0.2, 0.25) is 0 Å². The first-order chi connectivity index (χ1) is 6.16. The summed E-state index contributed by atoms with van der Waals surface area (Å²) in [7, 11) is 0. The monoisotopic (exact) mass is 199 g/mol. The molecular formula is C7H6ClN3O2. The van der Waals surface area contributed by atoms with Gasteiger partial charge >= 0.3 is 0 Å². The van der Waals surface area contributed by atoms with Crippen LogP contribution >= 0.6 is 11.6 Å². The predicted octanol–water partition coefficient (Wildman–Crippen LogP) is 2.05. The van der Waals surface area contributed by atoms with E-state index in [1.165, 1.54) is 6.07 Å². The van der Waals surface area contributed by atoms with Crippen molar-refractivity contribution in [3.05, 3.63) is 34.0 Å². The largest absolute Gasteiger partial charge is 0.691 e. The van der Waals surface area contributed by atoms with Crippen molar-refractivity contribution in [2.24, 2.45) is 5.22 Å². The summed E-state index contributed by atoms with van der Waals surface area (Å²) in [5.41, 5.74) is 1.06. The summed E-state index contributed by atoms with van der Waals surface area (Å²) in [6.45, 7) is 0.200. The van der Waals surface area contributed by atoms with E-state index in [0.29, 0.717) is 26.3 Å². The van der Waals surface area contributed by atoms with E-state index >= 15 is 0 Å². The quantitative estimate of drug-likeness (QED) is 0.514. The van der Waals surface area contributed by atoms with Gasteiger partial charge in [0.05, 0.1) is 0 Å². The Kier molecular flexibility index (Phi) is 1.82. The molecule has 0 saturated heterocycles. The van der Waals surface area contributed by atoms with Crippen LogP contribution in [0.1, 0.15) is 5.56 Å². The summed E-state index contributed by atoms with van der Waals surface area (Å²) in [6, 6.07) is 4.86. The molecule has 6 heteroatoms. The smallest absolute Gasteiger partial charge is 0.172 e. The van der Waals surface area contributed by atoms with Crippen LogP contribution in [0.25, 0.3) is 0 Å². The van der Waals surface area contributed by atoms with Crippen LogP contribution in [-0.4, -0.2) is 15.2 Å². The van der Waals surface area contributed by atoms with Crippen LogP contribution < -0.4 is 0 Å². The van der Waals surface area contributed by atoms with Crippen LogP contribution in [0, 0.1) is 5.21 Å². The summed E-state index contributed by atoms with van der Waals surface area (Å²) in [6.07, 6.45) is 0. The van der Waals surface area contributed by atoms with E-state index in [2.05, 4.69) is 5.22 Å². The molecule has 5 nitrogen and oxygen atoms in total. The third kappa shape index (κ3) is 1.43. The van der Waals surface area contributed by atoms with Crippen LogP contribution in [0.15, 0.2) is 23.4 Å². The van der Waals surface area contributed by atoms with E-state index in [-0.39, 0.29) is 6.54 Å². The minimum Gasteiger partial charge on any atom is -0.691 e. The number of nitrogens with zero attached hydrogens (tertiary/aromatic N) is 3. The fourth-order valence-corrected chi connectivity index (χ4v) is 1.34. The van der Waals surface area contributed by atoms with Gasteiger partial charge in [-0.25, -0.2) is 0 Å². The average molecular weight is 200 g/mol. The highest BCUT2D eigenvalue weighted by molar-refractivity contribution is 6.30. The van der Waals surface area contributed by atoms with Crippen molar-refractivity contribution < 1.29 is 10.1 Å². The zero-order valence-corrected chi connectivity index (χ0v) is 7.27. The zero-order valence-electron chi connectivity index (χ0n) is 6.51. The Hall–Kier alpha value is -1.33. The van der Waals surface area contributed by atoms with Crippen LogP contribution in [0.4, 0.5) is 5.69 Å². The molecule has 0 fully saturated rings. The van der Waals surface area contributed by atoms with Crippen molar-refractivity contribution in [1.82, 2.24) is 5.17 Å². The molecule has 68 valence electrons. The Bertz CT molecular complexity index is 380. The van der Waals surface area contributed by atoms with Gasteiger partial charge in [0.15, 0.2) is 12.2 Å². The number of fused-ring (bicyclic) bond motifs is 1. The van der Waals surface area contributed by atoms with E-state index in [4.69, 9.17) is 16.8 Å². The highest BCUT2D eigenvalue weighted by Crippen LogP contribution is 2.27. The molecule has 1 aliphatic heterocycles. The fourth-order valence-electron chi connectivity index (χ4n) is 1.17. The molecule has 13 heavy (non-hydrogen) atoms. The maximum atomic E-state index is 11.1. The first kappa shape index (κ1) is 8.28. The van der Waals surface area contributed by atoms with E-state index in [0.717, 1.165) is 0 Å². The van der Waals surface area contributed by atoms with Gasteiger partial charge in [-0.2, -0.15) is 5.21 Å². The van der Waals surface area contributed by atoms with E-state index < -0.39 is 0 Å². The maximum absolute atomic E-state index is 11.1. The lowest BCUT2D eigenvalue weighted by Crippen LogP contribution is -2.19. The second-order valence-corrected chi connectivity index (χ2v) is 3.10. The number of hydrogen-bond acceptors (Lipinski definition) is 4. The van der Waals surface area contributed by atoms with Crippen LogP contribution in [-0.2, 0) is 6.54 Å². The molecule has 0 amide bonds. The summed E-state index contributed by atoms with van der Waals surface area (Å²) >= 11 is 5.70. The zero-order chi connectivity index (χ0) is 9.42. The van der Waals surface area contributed by atoms with Crippen molar-refractivity contribution in [2.75, 3.05) is 0 Å². The van der Waals surface area contributed by atoms with Gasteiger partial charge in [-0.1, -0.05) is 11.6 Å². The Labute approximate surface area is 79.0 Å². The van der Waals surface area contributed by atoms with Crippen molar-refractivity contribution >= 4 is 17.3 Å². The predicted molar refractivity (Wildman–Crippen MR) is 44.5 cm³/mol. The number of rotatable bonds is 0. The Morgan fingerprint density at radius 2 is 2.38 bits per heavy atom. The summed E-state index contributed by atoms with van der Waals surface area (Å²) in [5, 5.41) is 24.5. The highest BCUT2D eigenvalue weighted by Gasteiger charge is 2.20. The normalized spacial score (nSPS) is 15.2. The molecule has 0 unspecified atom stereocenters. The van der Waals surface area contributed by atoms with Gasteiger partial charge in [-0.15, -0.1) is 4.86 Å². The molecule has 0 bridgehead atoms. The summed E-state index contributed by atoms with van der Waals surface area (Å²) in [4.78, 5) is 0.338. The molecule has 0 saturated carbocycles. The first-order valence-corrected chi connectivity index (χ1v) is 3.98. The van der Waals surface area contributed by atoms with E-state index in [1.807, 2.05) is 0 Å². The van der Waals surface area contributed by atoms with Gasteiger partial charge in [0.25, 0.3) is 0 Å². The SMILES string of the molecule is [O-][N+]1=NN(O)Cc2ccc(Cl)cc21. The molecule has 0 radical (unpaired) electrons. The third-order valence-corrected chi connectivity index (χ3v) is 1.98. The molecule has 0 spiro atoms. The lowest BCUT2D eigenvalue weighted by molar-refractivity contribution is -0.489. The molecule has 1 heterocycles. The summed E-state index contributed by atoms with van der Waals surface area (Å²) < 4.78 is 0. The molecule has 0 atom stereocenters. The first-order valence-electron chi connectivity index (χ1n) is 3.60. The number of benzene rings is 1.